The van der Waals surface area contributed by atoms with Crippen molar-refractivity contribution in [2.24, 2.45) is 0 Å². The van der Waals surface area contributed by atoms with Gasteiger partial charge in [-0.3, -0.25) is 19.1 Å². The second-order valence-electron chi connectivity index (χ2n) is 8.16. The summed E-state index contributed by atoms with van der Waals surface area (Å²) < 4.78 is 59.4. The highest BCUT2D eigenvalue weighted by Crippen LogP contribution is 2.39. The van der Waals surface area contributed by atoms with Crippen LogP contribution in [0.15, 0.2) is 41.2 Å². The van der Waals surface area contributed by atoms with Crippen LogP contribution in [0.2, 0.25) is 5.02 Å². The first-order chi connectivity index (χ1) is 17.4. The number of aliphatic hydroxyl groups is 1. The fourth-order valence-electron chi connectivity index (χ4n) is 3.85. The number of ether oxygens (including phenoxy) is 1. The normalized spacial score (nSPS) is 13.1. The number of fused-ring (bicyclic) bond motifs is 1. The van der Waals surface area contributed by atoms with Gasteiger partial charge < -0.3 is 9.84 Å². The largest absolute Gasteiger partial charge is 0.471 e. The molecule has 10 nitrogen and oxygen atoms in total. The highest BCUT2D eigenvalue weighted by atomic mass is 35.5. The van der Waals surface area contributed by atoms with Gasteiger partial charge in [0.1, 0.15) is 30.7 Å². The molecule has 14 heteroatoms. The van der Waals surface area contributed by atoms with Crippen molar-refractivity contribution in [2.45, 2.75) is 20.0 Å². The molecule has 0 unspecified atom stereocenters. The van der Waals surface area contributed by atoms with Gasteiger partial charge in [-0.05, 0) is 37.3 Å². The molecule has 1 N–H and O–H groups in total. The Labute approximate surface area is 215 Å². The van der Waals surface area contributed by atoms with Crippen LogP contribution in [-0.2, 0) is 21.4 Å². The number of hydrogen-bond acceptors (Lipinski definition) is 7. The minimum absolute atomic E-state index is 0.0286. The predicted octanol–water partition coefficient (Wildman–Crippen LogP) is 2.50. The van der Waals surface area contributed by atoms with Gasteiger partial charge in [-0.25, -0.2) is 21.5 Å². The molecule has 0 saturated heterocycles. The smallest absolute Gasteiger partial charge is 0.280 e. The second-order valence-corrected chi connectivity index (χ2v) is 10.4. The number of carbonyl (C=O) groups excluding carboxylic acids is 1. The zero-order valence-electron chi connectivity index (χ0n) is 19.6. The summed E-state index contributed by atoms with van der Waals surface area (Å²) in [7, 11) is -3.80. The van der Waals surface area contributed by atoms with E-state index >= 15 is 0 Å². The number of nitrogens with zero attached hydrogens (tertiary/aromatic N) is 4. The molecule has 0 saturated carbocycles. The Balaban J connectivity index is 1.72. The Morgan fingerprint density at radius 1 is 1.19 bits per heavy atom. The summed E-state index contributed by atoms with van der Waals surface area (Å²) in [4.78, 5) is 31.0. The van der Waals surface area contributed by atoms with Crippen molar-refractivity contribution in [3.8, 4) is 11.6 Å². The summed E-state index contributed by atoms with van der Waals surface area (Å²) >= 11 is 6.21. The molecule has 1 aliphatic rings. The van der Waals surface area contributed by atoms with Crippen LogP contribution >= 0.6 is 11.6 Å². The van der Waals surface area contributed by atoms with Gasteiger partial charge >= 0.3 is 0 Å². The molecule has 0 atom stereocenters. The number of aryl methyl sites for hydroxylation is 1. The van der Waals surface area contributed by atoms with E-state index < -0.39 is 44.8 Å². The van der Waals surface area contributed by atoms with Gasteiger partial charge in [0.2, 0.25) is 21.8 Å². The fraction of sp³-hybridized carbons (Fsp3) is 0.261. The van der Waals surface area contributed by atoms with Gasteiger partial charge in [-0.15, -0.1) is 0 Å². The fourth-order valence-corrected chi connectivity index (χ4v) is 4.86. The van der Waals surface area contributed by atoms with Crippen LogP contribution in [0.4, 0.5) is 20.2 Å². The molecule has 0 fully saturated rings. The van der Waals surface area contributed by atoms with Gasteiger partial charge in [0, 0.05) is 11.6 Å². The van der Waals surface area contributed by atoms with E-state index in [1.165, 1.54) is 36.1 Å². The average molecular weight is 555 g/mol. The van der Waals surface area contributed by atoms with E-state index in [0.717, 1.165) is 21.2 Å². The molecular weight excluding hydrogens is 534 g/mol. The summed E-state index contributed by atoms with van der Waals surface area (Å²) in [6.45, 7) is 0.446. The maximum absolute atomic E-state index is 13.9. The zero-order chi connectivity index (χ0) is 27.1. The molecule has 0 spiro atoms. The molecule has 0 radical (unpaired) electrons. The molecule has 196 valence electrons. The number of sulfonamides is 1. The quantitative estimate of drug-likeness (QED) is 0.476. The first kappa shape index (κ1) is 26.5. The Kier molecular flexibility index (Phi) is 7.22. The molecule has 2 aromatic carbocycles. The lowest BCUT2D eigenvalue weighted by molar-refractivity contribution is -0.119. The van der Waals surface area contributed by atoms with Crippen molar-refractivity contribution >= 4 is 38.9 Å². The van der Waals surface area contributed by atoms with Crippen molar-refractivity contribution in [3.05, 3.63) is 74.8 Å². The molecule has 1 aromatic heterocycles. The first-order valence-corrected chi connectivity index (χ1v) is 13.0. The maximum Gasteiger partial charge on any atom is 0.280 e. The highest BCUT2D eigenvalue weighted by Gasteiger charge is 2.35. The maximum atomic E-state index is 13.9. The lowest BCUT2D eigenvalue weighted by Crippen LogP contribution is -2.38. The Bertz CT molecular complexity index is 1560. The van der Waals surface area contributed by atoms with Crippen LogP contribution in [0.3, 0.4) is 0 Å². The third kappa shape index (κ3) is 5.15. The van der Waals surface area contributed by atoms with Crippen LogP contribution in [0.25, 0.3) is 5.69 Å². The molecule has 2 heterocycles. The van der Waals surface area contributed by atoms with Crippen LogP contribution in [0, 0.1) is 18.6 Å². The topological polar surface area (TPSA) is 122 Å². The number of amides is 1. The predicted molar refractivity (Wildman–Crippen MR) is 132 cm³/mol. The van der Waals surface area contributed by atoms with E-state index in [4.69, 9.17) is 21.4 Å². The van der Waals surface area contributed by atoms with Gasteiger partial charge in [0.05, 0.1) is 36.3 Å². The van der Waals surface area contributed by atoms with Crippen molar-refractivity contribution < 1.29 is 31.8 Å². The lowest BCUT2D eigenvalue weighted by Gasteiger charge is -2.18. The Morgan fingerprint density at radius 3 is 2.57 bits per heavy atom. The second kappa shape index (κ2) is 10.1. The van der Waals surface area contributed by atoms with Gasteiger partial charge in [0.15, 0.2) is 5.02 Å². The lowest BCUT2D eigenvalue weighted by atomic mass is 10.2. The third-order valence-electron chi connectivity index (χ3n) is 5.62. The van der Waals surface area contributed by atoms with Crippen molar-refractivity contribution in [1.29, 1.82) is 0 Å². The molecule has 1 aliphatic heterocycles. The van der Waals surface area contributed by atoms with E-state index in [0.29, 0.717) is 11.8 Å². The van der Waals surface area contributed by atoms with Crippen LogP contribution in [0.1, 0.15) is 17.8 Å². The first-order valence-electron chi connectivity index (χ1n) is 10.8. The Hall–Kier alpha value is -3.55. The van der Waals surface area contributed by atoms with Crippen molar-refractivity contribution in [3.63, 3.8) is 0 Å². The monoisotopic (exact) mass is 554 g/mol. The van der Waals surface area contributed by atoms with Crippen molar-refractivity contribution in [1.82, 2.24) is 9.55 Å². The molecule has 3 aromatic rings. The molecular formula is C23H21ClF2N4O6S. The average Bonchev–Trinajstić information content (AvgIpc) is 3.21. The highest BCUT2D eigenvalue weighted by molar-refractivity contribution is 7.92. The molecule has 37 heavy (non-hydrogen) atoms. The van der Waals surface area contributed by atoms with Gasteiger partial charge in [0.25, 0.3) is 5.56 Å². The number of hydrogen-bond donors (Lipinski definition) is 1. The van der Waals surface area contributed by atoms with E-state index in [1.807, 2.05) is 0 Å². The number of rotatable bonds is 7. The molecule has 1 amide bonds. The summed E-state index contributed by atoms with van der Waals surface area (Å²) in [5.41, 5.74) is -0.0435. The SMILES string of the molecule is Cc1nc(OCc2ccc(F)cc2F)c(Cl)c(=O)n1-c1ccc2c(c1)N(S(C)(=O)=O)CN2C(=O)CCO. The number of halogens is 3. The zero-order valence-corrected chi connectivity index (χ0v) is 21.2. The number of benzene rings is 2. The van der Waals surface area contributed by atoms with Crippen LogP contribution in [0.5, 0.6) is 5.88 Å². The standard InChI is InChI=1S/C23H21ClF2N4O6S/c1-13-27-22(36-11-14-3-4-15(25)9-17(14)26)21(24)23(33)30(13)16-5-6-18-19(10-16)29(37(2,34)35)12-28(18)20(32)7-8-31/h3-6,9-10,31H,7-8,11-12H2,1-2H3. The number of aromatic nitrogens is 2. The summed E-state index contributed by atoms with van der Waals surface area (Å²) in [6, 6.07) is 7.33. The van der Waals surface area contributed by atoms with Gasteiger partial charge in [-0.1, -0.05) is 11.6 Å². The van der Waals surface area contributed by atoms with E-state index in [9.17, 15) is 26.8 Å². The van der Waals surface area contributed by atoms with Crippen molar-refractivity contribution in [2.75, 3.05) is 28.7 Å². The summed E-state index contributed by atoms with van der Waals surface area (Å²) in [5.74, 6) is -2.19. The molecule has 0 aliphatic carbocycles. The van der Waals surface area contributed by atoms with Gasteiger partial charge in [-0.2, -0.15) is 4.98 Å². The minimum Gasteiger partial charge on any atom is -0.471 e. The summed E-state index contributed by atoms with van der Waals surface area (Å²) in [6.07, 6.45) is 0.787. The number of anilines is 2. The summed E-state index contributed by atoms with van der Waals surface area (Å²) in [5, 5.41) is 8.71. The van der Waals surface area contributed by atoms with E-state index in [-0.39, 0.29) is 48.3 Å². The number of aliphatic hydroxyl groups excluding tert-OH is 1. The minimum atomic E-state index is -3.80. The van der Waals surface area contributed by atoms with E-state index in [1.54, 1.807) is 0 Å². The van der Waals surface area contributed by atoms with Crippen LogP contribution in [-0.4, -0.2) is 48.5 Å². The third-order valence-corrected chi connectivity index (χ3v) is 7.05. The molecule has 0 bridgehead atoms. The van der Waals surface area contributed by atoms with E-state index in [2.05, 4.69) is 4.98 Å². The van der Waals surface area contributed by atoms with Crippen LogP contribution < -0.4 is 19.5 Å². The number of carbonyl (C=O) groups is 1. The Morgan fingerprint density at radius 2 is 1.92 bits per heavy atom. The molecule has 4 rings (SSSR count).